The first kappa shape index (κ1) is 22.6. The van der Waals surface area contributed by atoms with Crippen molar-refractivity contribution in [1.29, 1.82) is 0 Å². The Bertz CT molecular complexity index is 944. The lowest BCUT2D eigenvalue weighted by atomic mass is 10.1. The van der Waals surface area contributed by atoms with Crippen molar-refractivity contribution in [3.05, 3.63) is 89.2 Å². The van der Waals surface area contributed by atoms with Gasteiger partial charge in [-0.15, -0.1) is 0 Å². The molecule has 3 aromatic rings. The summed E-state index contributed by atoms with van der Waals surface area (Å²) in [6.45, 7) is 9.71. The van der Waals surface area contributed by atoms with Crippen LogP contribution in [0.25, 0.3) is 0 Å². The smallest absolute Gasteiger partial charge is 0.191 e. The van der Waals surface area contributed by atoms with Crippen LogP contribution in [0.3, 0.4) is 0 Å². The Kier molecular flexibility index (Phi) is 8.67. The number of hydrogen-bond donors (Lipinski definition) is 2. The van der Waals surface area contributed by atoms with Gasteiger partial charge in [-0.25, -0.2) is 0 Å². The highest BCUT2D eigenvalue weighted by Crippen LogP contribution is 2.12. The Balaban J connectivity index is 1.59. The second kappa shape index (κ2) is 11.9. The first-order chi connectivity index (χ1) is 15.2. The van der Waals surface area contributed by atoms with E-state index in [0.717, 1.165) is 38.7 Å². The van der Waals surface area contributed by atoms with Crippen molar-refractivity contribution < 1.29 is 0 Å². The molecule has 6 nitrogen and oxygen atoms in total. The van der Waals surface area contributed by atoms with E-state index >= 15 is 0 Å². The fourth-order valence-electron chi connectivity index (χ4n) is 3.60. The van der Waals surface area contributed by atoms with Crippen LogP contribution in [-0.4, -0.2) is 40.8 Å². The summed E-state index contributed by atoms with van der Waals surface area (Å²) in [6, 6.07) is 19.0. The number of benzene rings is 2. The molecule has 0 atom stereocenters. The number of guanidine groups is 1. The van der Waals surface area contributed by atoms with Gasteiger partial charge in [0.25, 0.3) is 0 Å². The topological polar surface area (TPSA) is 57.5 Å². The van der Waals surface area contributed by atoms with E-state index in [-0.39, 0.29) is 0 Å². The molecular formula is C25H34N6. The number of nitrogens with one attached hydrogen (secondary N) is 2. The van der Waals surface area contributed by atoms with E-state index in [0.29, 0.717) is 6.54 Å². The van der Waals surface area contributed by atoms with Crippen molar-refractivity contribution in [3.8, 4) is 0 Å². The fourth-order valence-corrected chi connectivity index (χ4v) is 3.60. The van der Waals surface area contributed by atoms with Gasteiger partial charge in [-0.1, -0.05) is 62.4 Å². The molecule has 0 spiro atoms. The molecule has 1 aromatic heterocycles. The molecule has 0 aliphatic rings. The summed E-state index contributed by atoms with van der Waals surface area (Å²) in [7, 11) is 1.81. The van der Waals surface area contributed by atoms with Gasteiger partial charge >= 0.3 is 0 Å². The summed E-state index contributed by atoms with van der Waals surface area (Å²) in [5, 5.41) is 11.3. The van der Waals surface area contributed by atoms with Crippen molar-refractivity contribution in [3.63, 3.8) is 0 Å². The van der Waals surface area contributed by atoms with Gasteiger partial charge in [0.05, 0.1) is 6.54 Å². The predicted molar refractivity (Wildman–Crippen MR) is 128 cm³/mol. The molecule has 2 aromatic carbocycles. The summed E-state index contributed by atoms with van der Waals surface area (Å²) in [4.78, 5) is 6.85. The molecular weight excluding hydrogens is 384 g/mol. The average Bonchev–Trinajstić information content (AvgIpc) is 3.32. The molecule has 0 saturated carbocycles. The third-order valence-electron chi connectivity index (χ3n) is 5.53. The summed E-state index contributed by atoms with van der Waals surface area (Å²) < 4.78 is 1.94. The van der Waals surface area contributed by atoms with E-state index < -0.39 is 0 Å². The third kappa shape index (κ3) is 6.69. The highest BCUT2D eigenvalue weighted by atomic mass is 15.3. The molecule has 0 unspecified atom stereocenters. The van der Waals surface area contributed by atoms with Crippen LogP contribution in [0, 0.1) is 0 Å². The summed E-state index contributed by atoms with van der Waals surface area (Å²) in [5.41, 5.74) is 5.15. The van der Waals surface area contributed by atoms with E-state index in [9.17, 15) is 0 Å². The van der Waals surface area contributed by atoms with Crippen molar-refractivity contribution in [2.45, 2.75) is 40.0 Å². The van der Waals surface area contributed by atoms with Gasteiger partial charge in [-0.3, -0.25) is 14.6 Å². The Hall–Kier alpha value is -3.12. The van der Waals surface area contributed by atoms with Gasteiger partial charge in [0.2, 0.25) is 0 Å². The lowest BCUT2D eigenvalue weighted by molar-refractivity contribution is 0.295. The van der Waals surface area contributed by atoms with Crippen molar-refractivity contribution in [2.24, 2.45) is 4.99 Å². The van der Waals surface area contributed by atoms with Crippen molar-refractivity contribution in [2.75, 3.05) is 20.1 Å². The highest BCUT2D eigenvalue weighted by Gasteiger charge is 2.08. The molecule has 0 aliphatic heterocycles. The van der Waals surface area contributed by atoms with E-state index in [2.05, 4.69) is 88.0 Å². The third-order valence-corrected chi connectivity index (χ3v) is 5.53. The molecule has 0 bridgehead atoms. The van der Waals surface area contributed by atoms with Crippen LogP contribution in [-0.2, 0) is 26.2 Å². The molecule has 2 N–H and O–H groups in total. The highest BCUT2D eigenvalue weighted by molar-refractivity contribution is 5.79. The molecule has 164 valence electrons. The standard InChI is InChI=1S/C25H34N6/c1-4-30(5-2)19-23-13-8-6-11-21(23)17-27-25(26-3)28-18-22-12-7-9-14-24(22)20-31-16-10-15-29-31/h6-16H,4-5,17-20H2,1-3H3,(H2,26,27,28). The molecule has 0 amide bonds. The zero-order chi connectivity index (χ0) is 21.9. The van der Waals surface area contributed by atoms with Crippen LogP contribution in [0.2, 0.25) is 0 Å². The second-order valence-corrected chi connectivity index (χ2v) is 7.48. The van der Waals surface area contributed by atoms with Crippen LogP contribution in [0.15, 0.2) is 72.0 Å². The van der Waals surface area contributed by atoms with Crippen molar-refractivity contribution in [1.82, 2.24) is 25.3 Å². The summed E-state index contributed by atoms with van der Waals surface area (Å²) >= 11 is 0. The zero-order valence-electron chi connectivity index (χ0n) is 18.9. The minimum Gasteiger partial charge on any atom is -0.352 e. The number of aromatic nitrogens is 2. The minimum atomic E-state index is 0.707. The lowest BCUT2D eigenvalue weighted by Gasteiger charge is -2.21. The fraction of sp³-hybridized carbons (Fsp3) is 0.360. The van der Waals surface area contributed by atoms with Crippen LogP contribution in [0.1, 0.15) is 36.1 Å². The van der Waals surface area contributed by atoms with Crippen LogP contribution in [0.5, 0.6) is 0 Å². The van der Waals surface area contributed by atoms with Gasteiger partial charge in [0.1, 0.15) is 0 Å². The van der Waals surface area contributed by atoms with E-state index in [4.69, 9.17) is 0 Å². The maximum absolute atomic E-state index is 4.41. The second-order valence-electron chi connectivity index (χ2n) is 7.48. The molecule has 31 heavy (non-hydrogen) atoms. The Morgan fingerprint density at radius 3 is 2.00 bits per heavy atom. The summed E-state index contributed by atoms with van der Waals surface area (Å²) in [5.74, 6) is 0.798. The monoisotopic (exact) mass is 418 g/mol. The number of nitrogens with zero attached hydrogens (tertiary/aromatic N) is 4. The Morgan fingerprint density at radius 2 is 1.45 bits per heavy atom. The molecule has 1 heterocycles. The maximum Gasteiger partial charge on any atom is 0.191 e. The largest absolute Gasteiger partial charge is 0.352 e. The van der Waals surface area contributed by atoms with Crippen molar-refractivity contribution >= 4 is 5.96 Å². The van der Waals surface area contributed by atoms with Gasteiger partial charge in [0, 0.05) is 39.1 Å². The predicted octanol–water partition coefficient (Wildman–Crippen LogP) is 3.64. The maximum atomic E-state index is 4.41. The first-order valence-electron chi connectivity index (χ1n) is 11.0. The van der Waals surface area contributed by atoms with E-state index in [1.165, 1.54) is 22.3 Å². The average molecular weight is 419 g/mol. The molecule has 6 heteroatoms. The van der Waals surface area contributed by atoms with E-state index in [1.807, 2.05) is 30.2 Å². The normalized spacial score (nSPS) is 11.7. The first-order valence-corrected chi connectivity index (χ1v) is 11.0. The molecule has 0 saturated heterocycles. The SMILES string of the molecule is CCN(CC)Cc1ccccc1CNC(=NC)NCc1ccccc1Cn1cccn1. The quantitative estimate of drug-likeness (QED) is 0.390. The van der Waals surface area contributed by atoms with Gasteiger partial charge in [0.15, 0.2) is 5.96 Å². The van der Waals surface area contributed by atoms with Gasteiger partial charge < -0.3 is 10.6 Å². The minimum absolute atomic E-state index is 0.707. The summed E-state index contributed by atoms with van der Waals surface area (Å²) in [6.07, 6.45) is 3.80. The number of hydrogen-bond acceptors (Lipinski definition) is 3. The zero-order valence-corrected chi connectivity index (χ0v) is 18.9. The van der Waals surface area contributed by atoms with E-state index in [1.54, 1.807) is 0 Å². The Morgan fingerprint density at radius 1 is 0.871 bits per heavy atom. The lowest BCUT2D eigenvalue weighted by Crippen LogP contribution is -2.37. The van der Waals surface area contributed by atoms with Gasteiger partial charge in [-0.2, -0.15) is 5.10 Å². The van der Waals surface area contributed by atoms with Gasteiger partial charge in [-0.05, 0) is 41.4 Å². The number of rotatable bonds is 10. The molecule has 0 aliphatic carbocycles. The molecule has 0 fully saturated rings. The van der Waals surface area contributed by atoms with Crippen LogP contribution in [0.4, 0.5) is 0 Å². The molecule has 3 rings (SSSR count). The van der Waals surface area contributed by atoms with Crippen LogP contribution < -0.4 is 10.6 Å². The number of aliphatic imine (C=N–C) groups is 1. The Labute approximate surface area is 186 Å². The molecule has 0 radical (unpaired) electrons. The van der Waals surface area contributed by atoms with Crippen LogP contribution >= 0.6 is 0 Å².